The lowest BCUT2D eigenvalue weighted by molar-refractivity contribution is 0.913. The van der Waals surface area contributed by atoms with Gasteiger partial charge in [0, 0.05) is 17.7 Å². The molecule has 0 fully saturated rings. The van der Waals surface area contributed by atoms with E-state index in [9.17, 15) is 0 Å². The van der Waals surface area contributed by atoms with Crippen molar-refractivity contribution in [2.75, 3.05) is 5.88 Å². The molecule has 0 aliphatic heterocycles. The van der Waals surface area contributed by atoms with Crippen LogP contribution < -0.4 is 0 Å². The Morgan fingerprint density at radius 3 is 2.94 bits per heavy atom. The number of aromatic nitrogens is 2. The van der Waals surface area contributed by atoms with Gasteiger partial charge in [0.2, 0.25) is 0 Å². The third-order valence-corrected chi connectivity index (χ3v) is 3.89. The van der Waals surface area contributed by atoms with Crippen LogP contribution in [0.3, 0.4) is 0 Å². The van der Waals surface area contributed by atoms with Gasteiger partial charge >= 0.3 is 0 Å². The highest BCUT2D eigenvalue weighted by Crippen LogP contribution is 2.26. The molecule has 2 heterocycles. The van der Waals surface area contributed by atoms with Crippen molar-refractivity contribution in [2.24, 2.45) is 0 Å². The molecule has 2 nitrogen and oxygen atoms in total. The molecular weight excluding hydrogens is 264 g/mol. The molecule has 18 heavy (non-hydrogen) atoms. The Labute approximate surface area is 115 Å². The maximum Gasteiger partial charge on any atom is 0.115 e. The molecule has 0 aliphatic rings. The summed E-state index contributed by atoms with van der Waals surface area (Å²) in [6.07, 6.45) is 0.783. The molecule has 0 aliphatic carbocycles. The molecule has 0 atom stereocenters. The van der Waals surface area contributed by atoms with Crippen molar-refractivity contribution >= 4 is 34.0 Å². The Bertz CT molecular complexity index is 670. The summed E-state index contributed by atoms with van der Waals surface area (Å²) in [6.45, 7) is 2.12. The molecular formula is C14H13ClN2S. The molecule has 0 unspecified atom stereocenters. The number of imidazole rings is 1. The monoisotopic (exact) mass is 276 g/mol. The number of nitrogens with zero attached hydrogens (tertiary/aromatic N) is 2. The second kappa shape index (κ2) is 4.75. The van der Waals surface area contributed by atoms with Crippen LogP contribution in [-0.4, -0.2) is 15.4 Å². The maximum absolute atomic E-state index is 5.89. The summed E-state index contributed by atoms with van der Waals surface area (Å²) in [5.41, 5.74) is 4.65. The molecule has 0 saturated carbocycles. The highest BCUT2D eigenvalue weighted by Gasteiger charge is 2.13. The van der Waals surface area contributed by atoms with Gasteiger partial charge in [-0.05, 0) is 30.0 Å². The predicted molar refractivity (Wildman–Crippen MR) is 78.1 cm³/mol. The average molecular weight is 277 g/mol. The topological polar surface area (TPSA) is 17.8 Å². The fraction of sp³-hybridized carbons (Fsp3) is 0.214. The van der Waals surface area contributed by atoms with Crippen LogP contribution >= 0.6 is 22.9 Å². The van der Waals surface area contributed by atoms with Crippen LogP contribution in [0.4, 0.5) is 0 Å². The van der Waals surface area contributed by atoms with Gasteiger partial charge in [0.25, 0.3) is 0 Å². The number of halogens is 1. The molecule has 0 N–H and O–H groups in total. The normalized spacial score (nSPS) is 11.2. The Kier molecular flexibility index (Phi) is 3.10. The van der Waals surface area contributed by atoms with E-state index in [1.165, 1.54) is 16.8 Å². The van der Waals surface area contributed by atoms with E-state index in [1.807, 2.05) is 6.07 Å². The summed E-state index contributed by atoms with van der Waals surface area (Å²) in [5.74, 6) is 1.62. The van der Waals surface area contributed by atoms with Gasteiger partial charge in [0.15, 0.2) is 0 Å². The molecule has 2 aromatic heterocycles. The van der Waals surface area contributed by atoms with Crippen LogP contribution in [0.25, 0.3) is 16.7 Å². The minimum atomic E-state index is 0.590. The first kappa shape index (κ1) is 11.8. The first-order chi connectivity index (χ1) is 8.81. The highest BCUT2D eigenvalue weighted by atomic mass is 35.5. The van der Waals surface area contributed by atoms with Crippen molar-refractivity contribution in [1.82, 2.24) is 9.55 Å². The number of benzene rings is 1. The van der Waals surface area contributed by atoms with Crippen molar-refractivity contribution in [3.05, 3.63) is 46.4 Å². The number of aryl methyl sites for hydroxylation is 2. The second-order valence-corrected chi connectivity index (χ2v) is 5.38. The van der Waals surface area contributed by atoms with Gasteiger partial charge < -0.3 is 0 Å². The fourth-order valence-corrected chi connectivity index (χ4v) is 3.05. The molecule has 4 heteroatoms. The van der Waals surface area contributed by atoms with Crippen molar-refractivity contribution in [1.29, 1.82) is 0 Å². The lowest BCUT2D eigenvalue weighted by Gasteiger charge is -2.07. The molecule has 0 spiro atoms. The van der Waals surface area contributed by atoms with Gasteiger partial charge in [-0.25, -0.2) is 4.98 Å². The van der Waals surface area contributed by atoms with Crippen LogP contribution in [0, 0.1) is 6.92 Å². The van der Waals surface area contributed by atoms with Crippen LogP contribution in [0.5, 0.6) is 0 Å². The summed E-state index contributed by atoms with van der Waals surface area (Å²) in [7, 11) is 0. The van der Waals surface area contributed by atoms with Gasteiger partial charge in [-0.15, -0.1) is 11.6 Å². The minimum Gasteiger partial charge on any atom is -0.295 e. The smallest absolute Gasteiger partial charge is 0.115 e. The van der Waals surface area contributed by atoms with Crippen molar-refractivity contribution in [2.45, 2.75) is 13.3 Å². The van der Waals surface area contributed by atoms with Crippen molar-refractivity contribution in [3.63, 3.8) is 0 Å². The molecule has 0 bridgehead atoms. The van der Waals surface area contributed by atoms with Gasteiger partial charge in [0.05, 0.1) is 16.7 Å². The quantitative estimate of drug-likeness (QED) is 0.656. The molecule has 1 aromatic carbocycles. The molecule has 0 amide bonds. The zero-order valence-corrected chi connectivity index (χ0v) is 11.6. The predicted octanol–water partition coefficient (Wildman–Crippen LogP) is 4.18. The SMILES string of the molecule is Cc1cccc2nc(CCCl)n(-c3ccsc3)c12. The van der Waals surface area contributed by atoms with E-state index in [1.54, 1.807) is 11.3 Å². The largest absolute Gasteiger partial charge is 0.295 e. The van der Waals surface area contributed by atoms with E-state index >= 15 is 0 Å². The Hall–Kier alpha value is -1.32. The van der Waals surface area contributed by atoms with E-state index in [2.05, 4.69) is 40.5 Å². The standard InChI is InChI=1S/C14H13ClN2S/c1-10-3-2-4-12-14(10)17(11-6-8-18-9-11)13(16-12)5-7-15/h2-4,6,8-9H,5,7H2,1H3. The van der Waals surface area contributed by atoms with Crippen LogP contribution in [0.15, 0.2) is 35.0 Å². The van der Waals surface area contributed by atoms with E-state index < -0.39 is 0 Å². The van der Waals surface area contributed by atoms with E-state index in [0.717, 1.165) is 17.8 Å². The van der Waals surface area contributed by atoms with Crippen molar-refractivity contribution < 1.29 is 0 Å². The summed E-state index contributed by atoms with van der Waals surface area (Å²) in [5, 5.41) is 4.23. The Balaban J connectivity index is 2.34. The number of thiophene rings is 1. The molecule has 0 radical (unpaired) electrons. The fourth-order valence-electron chi connectivity index (χ4n) is 2.26. The first-order valence-corrected chi connectivity index (χ1v) is 7.34. The number of hydrogen-bond donors (Lipinski definition) is 0. The molecule has 3 rings (SSSR count). The zero-order valence-electron chi connectivity index (χ0n) is 10.1. The molecule has 92 valence electrons. The molecule has 3 aromatic rings. The third-order valence-electron chi connectivity index (χ3n) is 3.03. The zero-order chi connectivity index (χ0) is 12.5. The van der Waals surface area contributed by atoms with E-state index in [4.69, 9.17) is 16.6 Å². The second-order valence-electron chi connectivity index (χ2n) is 4.23. The first-order valence-electron chi connectivity index (χ1n) is 5.86. The average Bonchev–Trinajstić information content (AvgIpc) is 2.96. The van der Waals surface area contributed by atoms with Crippen LogP contribution in [0.1, 0.15) is 11.4 Å². The van der Waals surface area contributed by atoms with Crippen LogP contribution in [0.2, 0.25) is 0 Å². The third kappa shape index (κ3) is 1.84. The van der Waals surface area contributed by atoms with Gasteiger partial charge in [-0.2, -0.15) is 11.3 Å². The summed E-state index contributed by atoms with van der Waals surface area (Å²) < 4.78 is 2.23. The van der Waals surface area contributed by atoms with Crippen LogP contribution in [-0.2, 0) is 6.42 Å². The number of alkyl halides is 1. The molecule has 0 saturated heterocycles. The summed E-state index contributed by atoms with van der Waals surface area (Å²) in [4.78, 5) is 4.70. The lowest BCUT2D eigenvalue weighted by atomic mass is 10.2. The summed E-state index contributed by atoms with van der Waals surface area (Å²) >= 11 is 7.58. The van der Waals surface area contributed by atoms with Gasteiger partial charge in [0.1, 0.15) is 5.82 Å². The maximum atomic E-state index is 5.89. The lowest BCUT2D eigenvalue weighted by Crippen LogP contribution is -2.01. The van der Waals surface area contributed by atoms with Gasteiger partial charge in [-0.1, -0.05) is 12.1 Å². The number of rotatable bonds is 3. The number of hydrogen-bond acceptors (Lipinski definition) is 2. The van der Waals surface area contributed by atoms with Gasteiger partial charge in [-0.3, -0.25) is 4.57 Å². The highest BCUT2D eigenvalue weighted by molar-refractivity contribution is 7.08. The number of fused-ring (bicyclic) bond motifs is 1. The van der Waals surface area contributed by atoms with E-state index in [-0.39, 0.29) is 0 Å². The Morgan fingerprint density at radius 1 is 1.33 bits per heavy atom. The summed E-state index contributed by atoms with van der Waals surface area (Å²) in [6, 6.07) is 8.35. The van der Waals surface area contributed by atoms with E-state index in [0.29, 0.717) is 5.88 Å². The Morgan fingerprint density at radius 2 is 2.22 bits per heavy atom. The number of para-hydroxylation sites is 1. The minimum absolute atomic E-state index is 0.590. The van der Waals surface area contributed by atoms with Crippen molar-refractivity contribution in [3.8, 4) is 5.69 Å².